The van der Waals surface area contributed by atoms with Gasteiger partial charge >= 0.3 is 23.7 Å². The molecule has 0 bridgehead atoms. The number of anilines is 1. The standard InChI is InChI=1S/C23H14Cl2F6N4O5S/c1-34(21(37)40-8-7-39-20(36)12-5-3-2-4-6-12)19-18(41(38)23(29,30)31)16(11-32)33-35(19)17-14(24)9-13(10-15(17)25)22(26,27)28/h2-6,9-10H,7-8H2,1H3. The average Bonchev–Trinajstić information content (AvgIpc) is 3.27. The van der Waals surface area contributed by atoms with Crippen LogP contribution < -0.4 is 4.90 Å². The zero-order chi connectivity index (χ0) is 30.7. The fourth-order valence-corrected chi connectivity index (χ4v) is 4.77. The van der Waals surface area contributed by atoms with E-state index in [1.807, 2.05) is 0 Å². The third-order valence-electron chi connectivity index (χ3n) is 5.02. The van der Waals surface area contributed by atoms with Gasteiger partial charge in [-0.2, -0.15) is 36.7 Å². The van der Waals surface area contributed by atoms with Gasteiger partial charge in [0.15, 0.2) is 22.3 Å². The van der Waals surface area contributed by atoms with Gasteiger partial charge in [-0.3, -0.25) is 4.90 Å². The summed E-state index contributed by atoms with van der Waals surface area (Å²) in [5.74, 6) is -1.76. The highest BCUT2D eigenvalue weighted by molar-refractivity contribution is 7.86. The number of rotatable bonds is 7. The summed E-state index contributed by atoms with van der Waals surface area (Å²) in [6.07, 6.45) is -6.32. The van der Waals surface area contributed by atoms with Crippen LogP contribution in [0.5, 0.6) is 0 Å². The summed E-state index contributed by atoms with van der Waals surface area (Å²) in [5, 5.41) is 11.5. The minimum atomic E-state index is -5.46. The number of benzene rings is 2. The lowest BCUT2D eigenvalue weighted by molar-refractivity contribution is -0.137. The van der Waals surface area contributed by atoms with E-state index in [1.165, 1.54) is 18.2 Å². The monoisotopic (exact) mass is 642 g/mol. The molecule has 0 saturated heterocycles. The second-order valence-electron chi connectivity index (χ2n) is 7.70. The van der Waals surface area contributed by atoms with Crippen molar-refractivity contribution in [2.24, 2.45) is 0 Å². The van der Waals surface area contributed by atoms with Crippen LogP contribution in [0.4, 0.5) is 37.0 Å². The summed E-state index contributed by atoms with van der Waals surface area (Å²) in [6, 6.07) is 9.78. The number of hydrogen-bond donors (Lipinski definition) is 0. The van der Waals surface area contributed by atoms with Gasteiger partial charge in [-0.05, 0) is 24.3 Å². The topological polar surface area (TPSA) is 115 Å². The molecule has 0 aliphatic carbocycles. The number of ether oxygens (including phenoxy) is 2. The van der Waals surface area contributed by atoms with Gasteiger partial charge in [0.25, 0.3) is 0 Å². The highest BCUT2D eigenvalue weighted by atomic mass is 35.5. The third kappa shape index (κ3) is 7.10. The molecule has 218 valence electrons. The minimum Gasteiger partial charge on any atom is -0.458 e. The molecule has 0 radical (unpaired) electrons. The first kappa shape index (κ1) is 31.7. The van der Waals surface area contributed by atoms with Crippen molar-refractivity contribution in [1.29, 1.82) is 5.26 Å². The van der Waals surface area contributed by atoms with Crippen molar-refractivity contribution in [3.05, 3.63) is 69.3 Å². The van der Waals surface area contributed by atoms with Gasteiger partial charge in [0, 0.05) is 7.05 Å². The summed E-state index contributed by atoms with van der Waals surface area (Å²) in [6.45, 7) is -1.08. The molecule has 1 amide bonds. The molecule has 18 heteroatoms. The van der Waals surface area contributed by atoms with Gasteiger partial charge in [-0.25, -0.2) is 18.5 Å². The molecule has 1 atom stereocenters. The molecule has 0 aliphatic heterocycles. The van der Waals surface area contributed by atoms with E-state index in [2.05, 4.69) is 5.10 Å². The summed E-state index contributed by atoms with van der Waals surface area (Å²) in [4.78, 5) is 23.8. The first-order chi connectivity index (χ1) is 19.1. The summed E-state index contributed by atoms with van der Waals surface area (Å²) < 4.78 is 103. The number of carbonyl (C=O) groups is 2. The predicted molar refractivity (Wildman–Crippen MR) is 132 cm³/mol. The average molecular weight is 643 g/mol. The Hall–Kier alpha value is -3.81. The Bertz CT molecular complexity index is 1520. The lowest BCUT2D eigenvalue weighted by Gasteiger charge is -2.21. The van der Waals surface area contributed by atoms with Crippen LogP contribution in [0.3, 0.4) is 0 Å². The largest absolute Gasteiger partial charge is 0.476 e. The van der Waals surface area contributed by atoms with Crippen molar-refractivity contribution >= 4 is 51.9 Å². The molecule has 2 aromatic carbocycles. The smallest absolute Gasteiger partial charge is 0.458 e. The molecular formula is C23H14Cl2F6N4O5S. The Labute approximate surface area is 239 Å². The van der Waals surface area contributed by atoms with Crippen LogP contribution in [0.15, 0.2) is 47.4 Å². The number of alkyl halides is 6. The maximum Gasteiger partial charge on any atom is 0.476 e. The lowest BCUT2D eigenvalue weighted by Crippen LogP contribution is -2.32. The first-order valence-electron chi connectivity index (χ1n) is 10.8. The zero-order valence-electron chi connectivity index (χ0n) is 20.2. The van der Waals surface area contributed by atoms with Gasteiger partial charge in [-0.15, -0.1) is 0 Å². The van der Waals surface area contributed by atoms with Crippen LogP contribution in [-0.2, 0) is 26.4 Å². The van der Waals surface area contributed by atoms with Gasteiger partial charge in [0.2, 0.25) is 0 Å². The van der Waals surface area contributed by atoms with Crippen LogP contribution in [0.1, 0.15) is 21.6 Å². The number of aromatic nitrogens is 2. The molecule has 0 aliphatic rings. The number of hydrogen-bond acceptors (Lipinski definition) is 7. The Morgan fingerprint density at radius 1 is 1.05 bits per heavy atom. The number of halogens is 8. The molecule has 3 aromatic rings. The van der Waals surface area contributed by atoms with Gasteiger partial charge in [0.05, 0.1) is 21.2 Å². The van der Waals surface area contributed by atoms with Crippen LogP contribution in [0, 0.1) is 11.3 Å². The minimum absolute atomic E-state index is 0.188. The molecule has 1 heterocycles. The lowest BCUT2D eigenvalue weighted by atomic mass is 10.2. The van der Waals surface area contributed by atoms with E-state index in [0.717, 1.165) is 7.05 Å². The first-order valence-corrected chi connectivity index (χ1v) is 12.7. The number of nitrogens with zero attached hydrogens (tertiary/aromatic N) is 4. The number of carbonyl (C=O) groups excluding carboxylic acids is 2. The maximum absolute atomic E-state index is 13.5. The van der Waals surface area contributed by atoms with Gasteiger partial charge in [0.1, 0.15) is 29.9 Å². The Morgan fingerprint density at radius 3 is 2.12 bits per heavy atom. The molecule has 3 rings (SSSR count). The van der Waals surface area contributed by atoms with Crippen LogP contribution in [0.2, 0.25) is 10.0 Å². The Balaban J connectivity index is 2.01. The fourth-order valence-electron chi connectivity index (χ4n) is 3.24. The third-order valence-corrected chi connectivity index (χ3v) is 6.76. The maximum atomic E-state index is 13.5. The van der Waals surface area contributed by atoms with Crippen molar-refractivity contribution in [2.45, 2.75) is 16.6 Å². The van der Waals surface area contributed by atoms with Crippen LogP contribution in [0.25, 0.3) is 5.69 Å². The quantitative estimate of drug-likeness (QED) is 0.173. The summed E-state index contributed by atoms with van der Waals surface area (Å²) >= 11 is 12.0. The summed E-state index contributed by atoms with van der Waals surface area (Å²) in [5.41, 5.74) is -8.34. The zero-order valence-corrected chi connectivity index (χ0v) is 22.5. The van der Waals surface area contributed by atoms with Crippen molar-refractivity contribution < 1.29 is 49.6 Å². The van der Waals surface area contributed by atoms with Gasteiger partial charge in [-0.1, -0.05) is 41.4 Å². The second kappa shape index (κ2) is 12.4. The number of esters is 1. The molecule has 9 nitrogen and oxygen atoms in total. The Morgan fingerprint density at radius 2 is 1.61 bits per heavy atom. The van der Waals surface area contributed by atoms with Gasteiger partial charge < -0.3 is 9.47 Å². The predicted octanol–water partition coefficient (Wildman–Crippen LogP) is 6.13. The van der Waals surface area contributed by atoms with E-state index in [0.29, 0.717) is 21.7 Å². The van der Waals surface area contributed by atoms with Crippen LogP contribution in [-0.4, -0.2) is 51.8 Å². The van der Waals surface area contributed by atoms with E-state index >= 15 is 0 Å². The van der Waals surface area contributed by atoms with E-state index in [1.54, 1.807) is 18.2 Å². The molecule has 0 spiro atoms. The normalized spacial score (nSPS) is 12.4. The van der Waals surface area contributed by atoms with Crippen molar-refractivity contribution in [3.63, 3.8) is 0 Å². The SMILES string of the molecule is CN(C(=O)OCCOC(=O)c1ccccc1)c1c(S(=O)C(F)(F)F)c(C#N)nn1-c1c(Cl)cc(C(F)(F)F)cc1Cl. The number of amides is 1. The van der Waals surface area contributed by atoms with E-state index in [-0.39, 0.29) is 5.56 Å². The van der Waals surface area contributed by atoms with E-state index < -0.39 is 85.5 Å². The highest BCUT2D eigenvalue weighted by Gasteiger charge is 2.44. The van der Waals surface area contributed by atoms with E-state index in [9.17, 15) is 45.4 Å². The van der Waals surface area contributed by atoms with Crippen molar-refractivity contribution in [2.75, 3.05) is 25.2 Å². The highest BCUT2D eigenvalue weighted by Crippen LogP contribution is 2.42. The molecule has 41 heavy (non-hydrogen) atoms. The van der Waals surface area contributed by atoms with Crippen LogP contribution >= 0.6 is 23.2 Å². The second-order valence-corrected chi connectivity index (χ2v) is 9.92. The molecule has 1 unspecified atom stereocenters. The van der Waals surface area contributed by atoms with Crippen molar-refractivity contribution in [3.8, 4) is 11.8 Å². The molecular weight excluding hydrogens is 629 g/mol. The molecule has 0 N–H and O–H groups in total. The van der Waals surface area contributed by atoms with Crippen molar-refractivity contribution in [1.82, 2.24) is 9.78 Å². The fraction of sp³-hybridized carbons (Fsp3) is 0.217. The van der Waals surface area contributed by atoms with E-state index in [4.69, 9.17) is 32.7 Å². The molecule has 1 aromatic heterocycles. The summed E-state index contributed by atoms with van der Waals surface area (Å²) in [7, 11) is -3.13. The molecule has 0 fully saturated rings. The number of nitriles is 1. The Kier molecular flexibility index (Phi) is 9.57. The molecule has 0 saturated carbocycles.